The van der Waals surface area contributed by atoms with E-state index in [-0.39, 0.29) is 5.97 Å². The Morgan fingerprint density at radius 2 is 2.30 bits per heavy atom. The van der Waals surface area contributed by atoms with Crippen molar-refractivity contribution in [1.29, 1.82) is 0 Å². The molecule has 20 heavy (non-hydrogen) atoms. The van der Waals surface area contributed by atoms with Crippen LogP contribution in [0.25, 0.3) is 21.0 Å². The minimum Gasteiger partial charge on any atom is -0.462 e. The van der Waals surface area contributed by atoms with Crippen molar-refractivity contribution in [2.45, 2.75) is 6.92 Å². The molecule has 3 rings (SSSR count). The number of aromatic nitrogens is 2. The number of hydrogen-bond acceptors (Lipinski definition) is 6. The van der Waals surface area contributed by atoms with Gasteiger partial charge >= 0.3 is 5.97 Å². The van der Waals surface area contributed by atoms with Crippen LogP contribution in [0, 0.1) is 0 Å². The Kier molecular flexibility index (Phi) is 3.23. The van der Waals surface area contributed by atoms with Crippen LogP contribution in [0.3, 0.4) is 0 Å². The Morgan fingerprint density at radius 3 is 3.05 bits per heavy atom. The number of carbonyl (C=O) groups excluding carboxylic acids is 1. The molecule has 0 saturated carbocycles. The van der Waals surface area contributed by atoms with Gasteiger partial charge in [0.15, 0.2) is 0 Å². The van der Waals surface area contributed by atoms with Crippen molar-refractivity contribution in [2.24, 2.45) is 0 Å². The van der Waals surface area contributed by atoms with E-state index in [0.717, 1.165) is 21.0 Å². The number of hydrogen-bond donors (Lipinski definition) is 1. The number of thiophene rings is 1. The van der Waals surface area contributed by atoms with Crippen LogP contribution in [0.1, 0.15) is 16.6 Å². The highest BCUT2D eigenvalue weighted by molar-refractivity contribution is 7.20. The molecule has 0 bridgehead atoms. The van der Waals surface area contributed by atoms with Crippen LogP contribution >= 0.6 is 11.3 Å². The van der Waals surface area contributed by atoms with Gasteiger partial charge in [0.1, 0.15) is 4.88 Å². The van der Waals surface area contributed by atoms with Crippen molar-refractivity contribution in [3.63, 3.8) is 0 Å². The quantitative estimate of drug-likeness (QED) is 0.750. The summed E-state index contributed by atoms with van der Waals surface area (Å²) in [4.78, 5) is 21.1. The summed E-state index contributed by atoms with van der Waals surface area (Å²) in [6, 6.07) is 5.78. The van der Waals surface area contributed by atoms with Crippen molar-refractivity contribution in [2.75, 3.05) is 19.0 Å². The maximum absolute atomic E-state index is 11.8. The summed E-state index contributed by atoms with van der Waals surface area (Å²) in [5.41, 5.74) is 0.841. The number of benzene rings is 1. The van der Waals surface area contributed by atoms with Crippen molar-refractivity contribution in [3.8, 4) is 0 Å². The molecule has 1 N–H and O–H groups in total. The van der Waals surface area contributed by atoms with Gasteiger partial charge in [-0.05, 0) is 25.1 Å². The van der Waals surface area contributed by atoms with Gasteiger partial charge in [-0.3, -0.25) is 0 Å². The van der Waals surface area contributed by atoms with Crippen molar-refractivity contribution < 1.29 is 9.53 Å². The van der Waals surface area contributed by atoms with Crippen molar-refractivity contribution in [3.05, 3.63) is 29.3 Å². The Labute approximate surface area is 119 Å². The summed E-state index contributed by atoms with van der Waals surface area (Å²) in [7, 11) is 1.78. The number of ether oxygens (including phenoxy) is 1. The Balaban J connectivity index is 2.22. The minimum absolute atomic E-state index is 0.287. The van der Waals surface area contributed by atoms with E-state index >= 15 is 0 Å². The van der Waals surface area contributed by atoms with Crippen LogP contribution in [0.2, 0.25) is 0 Å². The number of anilines is 1. The molecule has 0 spiro atoms. The molecule has 6 heteroatoms. The van der Waals surface area contributed by atoms with Gasteiger partial charge in [-0.2, -0.15) is 0 Å². The Bertz CT molecular complexity index is 798. The first-order valence-corrected chi connectivity index (χ1v) is 7.08. The second-order valence-electron chi connectivity index (χ2n) is 4.19. The first kappa shape index (κ1) is 12.8. The van der Waals surface area contributed by atoms with Crippen LogP contribution in [-0.4, -0.2) is 29.6 Å². The number of nitrogens with zero attached hydrogens (tertiary/aromatic N) is 2. The SMILES string of the molecule is CCOC(=O)c1cc2c(ccc3cnc(NC)nc32)s1. The van der Waals surface area contributed by atoms with Crippen LogP contribution in [0.4, 0.5) is 5.95 Å². The second-order valence-corrected chi connectivity index (χ2v) is 5.27. The van der Waals surface area contributed by atoms with Gasteiger partial charge < -0.3 is 10.1 Å². The molecule has 0 aliphatic rings. The highest BCUT2D eigenvalue weighted by atomic mass is 32.1. The predicted octanol–water partition coefficient (Wildman–Crippen LogP) is 3.06. The molecular formula is C14H13N3O2S. The molecule has 2 heterocycles. The lowest BCUT2D eigenvalue weighted by Gasteiger charge is -2.01. The fourth-order valence-corrected chi connectivity index (χ4v) is 2.99. The van der Waals surface area contributed by atoms with Crippen LogP contribution in [0.5, 0.6) is 0 Å². The van der Waals surface area contributed by atoms with E-state index in [1.807, 2.05) is 18.2 Å². The molecule has 0 fully saturated rings. The monoisotopic (exact) mass is 287 g/mol. The van der Waals surface area contributed by atoms with Crippen LogP contribution in [0.15, 0.2) is 24.4 Å². The standard InChI is InChI=1S/C14H13N3O2S/c1-3-19-13(18)11-6-9-10(20-11)5-4-8-7-16-14(15-2)17-12(8)9/h4-7H,3H2,1-2H3,(H,15,16,17). The summed E-state index contributed by atoms with van der Waals surface area (Å²) in [6.07, 6.45) is 1.77. The van der Waals surface area contributed by atoms with E-state index in [1.165, 1.54) is 11.3 Å². The summed E-state index contributed by atoms with van der Waals surface area (Å²) in [5, 5.41) is 4.83. The maximum atomic E-state index is 11.8. The zero-order valence-electron chi connectivity index (χ0n) is 11.1. The molecule has 0 atom stereocenters. The molecule has 0 radical (unpaired) electrons. The fraction of sp³-hybridized carbons (Fsp3) is 0.214. The van der Waals surface area contributed by atoms with Gasteiger partial charge in [0.05, 0.1) is 12.1 Å². The minimum atomic E-state index is -0.287. The van der Waals surface area contributed by atoms with Gasteiger partial charge in [-0.15, -0.1) is 11.3 Å². The highest BCUT2D eigenvalue weighted by Crippen LogP contribution is 2.31. The molecule has 0 amide bonds. The lowest BCUT2D eigenvalue weighted by atomic mass is 10.2. The van der Waals surface area contributed by atoms with Crippen LogP contribution in [-0.2, 0) is 4.74 Å². The summed E-state index contributed by atoms with van der Waals surface area (Å²) in [5.74, 6) is 0.277. The zero-order valence-corrected chi connectivity index (χ0v) is 12.0. The van der Waals surface area contributed by atoms with E-state index < -0.39 is 0 Å². The molecular weight excluding hydrogens is 274 g/mol. The lowest BCUT2D eigenvalue weighted by molar-refractivity contribution is 0.0532. The van der Waals surface area contributed by atoms with E-state index in [9.17, 15) is 4.79 Å². The summed E-state index contributed by atoms with van der Waals surface area (Å²) in [6.45, 7) is 2.17. The van der Waals surface area contributed by atoms with E-state index in [2.05, 4.69) is 15.3 Å². The summed E-state index contributed by atoms with van der Waals surface area (Å²) >= 11 is 1.42. The lowest BCUT2D eigenvalue weighted by Crippen LogP contribution is -2.01. The Hall–Kier alpha value is -2.21. The largest absolute Gasteiger partial charge is 0.462 e. The average Bonchev–Trinajstić information content (AvgIpc) is 2.91. The highest BCUT2D eigenvalue weighted by Gasteiger charge is 2.13. The zero-order chi connectivity index (χ0) is 14.1. The topological polar surface area (TPSA) is 64.1 Å². The molecule has 102 valence electrons. The number of rotatable bonds is 3. The fourth-order valence-electron chi connectivity index (χ4n) is 2.03. The van der Waals surface area contributed by atoms with Crippen molar-refractivity contribution in [1.82, 2.24) is 9.97 Å². The Morgan fingerprint density at radius 1 is 1.45 bits per heavy atom. The summed E-state index contributed by atoms with van der Waals surface area (Å²) < 4.78 is 6.06. The second kappa shape index (κ2) is 5.05. The molecule has 5 nitrogen and oxygen atoms in total. The van der Waals surface area contributed by atoms with Gasteiger partial charge in [-0.1, -0.05) is 0 Å². The molecule has 0 aliphatic carbocycles. The van der Waals surface area contributed by atoms with E-state index in [1.54, 1.807) is 20.2 Å². The number of carbonyl (C=O) groups is 1. The van der Waals surface area contributed by atoms with Gasteiger partial charge in [0, 0.05) is 28.7 Å². The normalized spacial score (nSPS) is 10.9. The van der Waals surface area contributed by atoms with E-state index in [4.69, 9.17) is 4.74 Å². The molecule has 0 aliphatic heterocycles. The van der Waals surface area contributed by atoms with Gasteiger partial charge in [0.2, 0.25) is 5.95 Å². The third-order valence-electron chi connectivity index (χ3n) is 2.95. The average molecular weight is 287 g/mol. The third kappa shape index (κ3) is 2.08. The van der Waals surface area contributed by atoms with Crippen molar-refractivity contribution >= 4 is 44.2 Å². The predicted molar refractivity (Wildman–Crippen MR) is 80.4 cm³/mol. The number of nitrogens with one attached hydrogen (secondary N) is 1. The number of esters is 1. The van der Waals surface area contributed by atoms with Crippen LogP contribution < -0.4 is 5.32 Å². The van der Waals surface area contributed by atoms with Gasteiger partial charge in [-0.25, -0.2) is 14.8 Å². The third-order valence-corrected chi connectivity index (χ3v) is 4.03. The first-order chi connectivity index (χ1) is 9.72. The first-order valence-electron chi connectivity index (χ1n) is 6.27. The molecule has 0 unspecified atom stereocenters. The molecule has 0 saturated heterocycles. The molecule has 1 aromatic carbocycles. The van der Waals surface area contributed by atoms with E-state index in [0.29, 0.717) is 17.4 Å². The molecule has 3 aromatic rings. The maximum Gasteiger partial charge on any atom is 0.348 e. The number of fused-ring (bicyclic) bond motifs is 3. The smallest absolute Gasteiger partial charge is 0.348 e. The van der Waals surface area contributed by atoms with Gasteiger partial charge in [0.25, 0.3) is 0 Å². The molecule has 2 aromatic heterocycles.